The SMILES string of the molecule is CN(C)Cc1ccc(CSCCNC(N)C[N+](=O)[O-])o1. The molecule has 0 aliphatic heterocycles. The largest absolute Gasteiger partial charge is 0.464 e. The molecule has 1 aromatic heterocycles. The minimum absolute atomic E-state index is 0.253. The topological polar surface area (TPSA) is 97.6 Å². The van der Waals surface area contributed by atoms with E-state index < -0.39 is 11.1 Å². The molecule has 1 aromatic rings. The number of furan rings is 1. The summed E-state index contributed by atoms with van der Waals surface area (Å²) in [4.78, 5) is 11.9. The number of rotatable bonds is 10. The summed E-state index contributed by atoms with van der Waals surface area (Å²) in [5, 5.41) is 13.1. The molecule has 0 aliphatic carbocycles. The Bertz CT molecular complexity index is 411. The number of nitro groups is 1. The molecule has 7 nitrogen and oxygen atoms in total. The first-order chi connectivity index (χ1) is 9.47. The lowest BCUT2D eigenvalue weighted by molar-refractivity contribution is -0.483. The second-order valence-electron chi connectivity index (χ2n) is 4.73. The van der Waals surface area contributed by atoms with Gasteiger partial charge in [0.1, 0.15) is 17.7 Å². The summed E-state index contributed by atoms with van der Waals surface area (Å²) < 4.78 is 5.68. The van der Waals surface area contributed by atoms with Crippen molar-refractivity contribution in [2.24, 2.45) is 5.73 Å². The average Bonchev–Trinajstić information content (AvgIpc) is 2.74. The van der Waals surface area contributed by atoms with E-state index in [1.165, 1.54) is 0 Å². The Morgan fingerprint density at radius 2 is 2.20 bits per heavy atom. The Kier molecular flexibility index (Phi) is 7.60. The third-order valence-electron chi connectivity index (χ3n) is 2.43. The summed E-state index contributed by atoms with van der Waals surface area (Å²) in [5.74, 6) is 3.52. The number of nitrogens with two attached hydrogens (primary N) is 1. The molecule has 0 aromatic carbocycles. The monoisotopic (exact) mass is 302 g/mol. The first-order valence-electron chi connectivity index (χ1n) is 6.38. The van der Waals surface area contributed by atoms with Crippen LogP contribution in [0, 0.1) is 10.1 Å². The van der Waals surface area contributed by atoms with Crippen LogP contribution in [0.2, 0.25) is 0 Å². The van der Waals surface area contributed by atoms with Gasteiger partial charge in [-0.3, -0.25) is 15.4 Å². The van der Waals surface area contributed by atoms with Crippen molar-refractivity contribution >= 4 is 11.8 Å². The van der Waals surface area contributed by atoms with E-state index in [1.807, 2.05) is 26.2 Å². The van der Waals surface area contributed by atoms with Gasteiger partial charge in [0.2, 0.25) is 6.54 Å². The molecule has 0 radical (unpaired) electrons. The normalized spacial score (nSPS) is 12.8. The van der Waals surface area contributed by atoms with Gasteiger partial charge in [0.15, 0.2) is 0 Å². The highest BCUT2D eigenvalue weighted by molar-refractivity contribution is 7.98. The molecule has 0 bridgehead atoms. The molecule has 20 heavy (non-hydrogen) atoms. The zero-order chi connectivity index (χ0) is 15.0. The summed E-state index contributed by atoms with van der Waals surface area (Å²) in [7, 11) is 3.99. The standard InChI is InChI=1S/C12H22N4O3S/c1-15(2)7-10-3-4-11(19-10)9-20-6-5-14-12(13)8-16(17)18/h3-4,12,14H,5-9,13H2,1-2H3. The zero-order valence-corrected chi connectivity index (χ0v) is 12.7. The van der Waals surface area contributed by atoms with Gasteiger partial charge in [-0.2, -0.15) is 11.8 Å². The van der Waals surface area contributed by atoms with Crippen molar-refractivity contribution in [3.8, 4) is 0 Å². The second kappa shape index (κ2) is 8.96. The van der Waals surface area contributed by atoms with E-state index >= 15 is 0 Å². The van der Waals surface area contributed by atoms with Crippen LogP contribution < -0.4 is 11.1 Å². The third kappa shape index (κ3) is 7.49. The summed E-state index contributed by atoms with van der Waals surface area (Å²) in [6, 6.07) is 3.97. The van der Waals surface area contributed by atoms with Gasteiger partial charge in [0, 0.05) is 17.2 Å². The van der Waals surface area contributed by atoms with Crippen LogP contribution >= 0.6 is 11.8 Å². The number of hydrogen-bond donors (Lipinski definition) is 2. The van der Waals surface area contributed by atoms with Crippen LogP contribution in [0.1, 0.15) is 11.5 Å². The van der Waals surface area contributed by atoms with Gasteiger partial charge in [-0.1, -0.05) is 0 Å². The van der Waals surface area contributed by atoms with Gasteiger partial charge in [-0.15, -0.1) is 0 Å². The fourth-order valence-electron chi connectivity index (χ4n) is 1.61. The lowest BCUT2D eigenvalue weighted by Crippen LogP contribution is -2.43. The van der Waals surface area contributed by atoms with Crippen molar-refractivity contribution in [2.75, 3.05) is 32.9 Å². The molecule has 1 atom stereocenters. The molecule has 0 amide bonds. The van der Waals surface area contributed by atoms with Gasteiger partial charge < -0.3 is 15.1 Å². The fraction of sp³-hybridized carbons (Fsp3) is 0.667. The van der Waals surface area contributed by atoms with Gasteiger partial charge in [-0.05, 0) is 26.2 Å². The van der Waals surface area contributed by atoms with E-state index in [0.29, 0.717) is 6.54 Å². The summed E-state index contributed by atoms with van der Waals surface area (Å²) >= 11 is 1.70. The Balaban J connectivity index is 2.12. The van der Waals surface area contributed by atoms with Crippen molar-refractivity contribution in [1.29, 1.82) is 0 Å². The van der Waals surface area contributed by atoms with Crippen LogP contribution in [-0.4, -0.2) is 48.9 Å². The van der Waals surface area contributed by atoms with Crippen LogP contribution in [0.15, 0.2) is 16.5 Å². The average molecular weight is 302 g/mol. The Morgan fingerprint density at radius 3 is 2.85 bits per heavy atom. The number of nitrogens with zero attached hydrogens (tertiary/aromatic N) is 2. The van der Waals surface area contributed by atoms with Crippen molar-refractivity contribution < 1.29 is 9.34 Å². The minimum Gasteiger partial charge on any atom is -0.464 e. The maximum Gasteiger partial charge on any atom is 0.231 e. The van der Waals surface area contributed by atoms with Gasteiger partial charge in [0.25, 0.3) is 0 Å². The minimum atomic E-state index is -0.582. The molecule has 0 fully saturated rings. The van der Waals surface area contributed by atoms with Gasteiger partial charge in [-0.25, -0.2) is 0 Å². The Morgan fingerprint density at radius 1 is 1.50 bits per heavy atom. The van der Waals surface area contributed by atoms with Crippen LogP contribution in [0.4, 0.5) is 0 Å². The van der Waals surface area contributed by atoms with E-state index in [-0.39, 0.29) is 6.54 Å². The highest BCUT2D eigenvalue weighted by atomic mass is 32.2. The molecule has 1 unspecified atom stereocenters. The second-order valence-corrected chi connectivity index (χ2v) is 5.84. The molecule has 0 spiro atoms. The highest BCUT2D eigenvalue weighted by Gasteiger charge is 2.08. The van der Waals surface area contributed by atoms with Gasteiger partial charge >= 0.3 is 0 Å². The summed E-state index contributed by atoms with van der Waals surface area (Å²) in [5.41, 5.74) is 5.53. The van der Waals surface area contributed by atoms with E-state index in [1.54, 1.807) is 11.8 Å². The van der Waals surface area contributed by atoms with E-state index in [2.05, 4.69) is 10.2 Å². The number of thioether (sulfide) groups is 1. The molecule has 0 saturated heterocycles. The number of hydrogen-bond acceptors (Lipinski definition) is 7. The predicted octanol–water partition coefficient (Wildman–Crippen LogP) is 0.726. The van der Waals surface area contributed by atoms with Crippen molar-refractivity contribution in [3.63, 3.8) is 0 Å². The van der Waals surface area contributed by atoms with Crippen molar-refractivity contribution in [2.45, 2.75) is 18.5 Å². The van der Waals surface area contributed by atoms with Crippen LogP contribution in [0.3, 0.4) is 0 Å². The maximum atomic E-state index is 10.2. The lowest BCUT2D eigenvalue weighted by Gasteiger charge is -2.08. The van der Waals surface area contributed by atoms with Crippen LogP contribution in [-0.2, 0) is 12.3 Å². The third-order valence-corrected chi connectivity index (χ3v) is 3.41. The number of nitrogens with one attached hydrogen (secondary N) is 1. The van der Waals surface area contributed by atoms with Crippen LogP contribution in [0.25, 0.3) is 0 Å². The Labute approximate surface area is 123 Å². The molecular formula is C12H22N4O3S. The summed E-state index contributed by atoms with van der Waals surface area (Å²) in [6.45, 7) is 1.18. The molecular weight excluding hydrogens is 280 g/mol. The predicted molar refractivity (Wildman–Crippen MR) is 80.1 cm³/mol. The molecule has 114 valence electrons. The molecule has 3 N–H and O–H groups in total. The quantitative estimate of drug-likeness (QED) is 0.284. The van der Waals surface area contributed by atoms with Gasteiger partial charge in [0.05, 0.1) is 12.3 Å². The highest BCUT2D eigenvalue weighted by Crippen LogP contribution is 2.15. The lowest BCUT2D eigenvalue weighted by atomic mass is 10.4. The molecule has 1 rings (SSSR count). The smallest absolute Gasteiger partial charge is 0.231 e. The van der Waals surface area contributed by atoms with E-state index in [9.17, 15) is 10.1 Å². The zero-order valence-electron chi connectivity index (χ0n) is 11.9. The first-order valence-corrected chi connectivity index (χ1v) is 7.53. The Hall–Kier alpha value is -1.09. The van der Waals surface area contributed by atoms with E-state index in [4.69, 9.17) is 10.2 Å². The van der Waals surface area contributed by atoms with Crippen molar-refractivity contribution in [3.05, 3.63) is 33.8 Å². The van der Waals surface area contributed by atoms with E-state index in [0.717, 1.165) is 29.6 Å². The maximum absolute atomic E-state index is 10.2. The van der Waals surface area contributed by atoms with Crippen molar-refractivity contribution in [1.82, 2.24) is 10.2 Å². The summed E-state index contributed by atoms with van der Waals surface area (Å²) in [6.07, 6.45) is -0.582. The molecule has 8 heteroatoms. The van der Waals surface area contributed by atoms with Crippen LogP contribution in [0.5, 0.6) is 0 Å². The molecule has 0 aliphatic rings. The molecule has 1 heterocycles. The first kappa shape index (κ1) is 17.0. The fourth-order valence-corrected chi connectivity index (χ4v) is 2.37. The molecule has 0 saturated carbocycles.